The number of hydrogen-bond acceptors (Lipinski definition) is 1. The first kappa shape index (κ1) is 14.3. The van der Waals surface area contributed by atoms with E-state index in [0.717, 1.165) is 16.8 Å². The molecule has 0 saturated heterocycles. The number of rotatable bonds is 2. The topological polar surface area (TPSA) is 24.1 Å². The third kappa shape index (κ3) is 3.51. The molecule has 0 amide bonds. The van der Waals surface area contributed by atoms with E-state index >= 15 is 0 Å². The van der Waals surface area contributed by atoms with E-state index in [1.54, 1.807) is 0 Å². The minimum atomic E-state index is 0.590. The molecule has 0 radical (unpaired) electrons. The number of benzene rings is 3. The Balaban J connectivity index is 1.79. The molecule has 3 aromatic carbocycles. The Morgan fingerprint density at radius 3 is 2.33 bits per heavy atom. The Morgan fingerprint density at radius 1 is 0.810 bits per heavy atom. The molecule has 2 nitrogen and oxygen atoms in total. The molecule has 2 N–H and O–H groups in total. The molecule has 0 spiro atoms. The lowest BCUT2D eigenvalue weighted by Crippen LogP contribution is -2.19. The summed E-state index contributed by atoms with van der Waals surface area (Å²) in [6, 6.07) is 22.5. The van der Waals surface area contributed by atoms with Crippen molar-refractivity contribution < 1.29 is 0 Å². The monoisotopic (exact) mass is 404 g/mol. The molecule has 0 aliphatic carbocycles. The van der Waals surface area contributed by atoms with E-state index in [9.17, 15) is 0 Å². The molecule has 3 aromatic rings. The van der Waals surface area contributed by atoms with E-state index in [4.69, 9.17) is 12.2 Å². The minimum absolute atomic E-state index is 0.590. The molecule has 0 saturated carbocycles. The lowest BCUT2D eigenvalue weighted by molar-refractivity contribution is 1.59. The fourth-order valence-electron chi connectivity index (χ4n) is 2.15. The standard InChI is InChI=1S/C17H13IN2S/c18-13-8-10-14(11-9-13)19-17(21)20-16-7-3-5-12-4-1-2-6-15(12)16/h1-11H,(H2,19,20,21). The lowest BCUT2D eigenvalue weighted by atomic mass is 10.1. The quantitative estimate of drug-likeness (QED) is 0.451. The largest absolute Gasteiger partial charge is 0.332 e. The second-order valence-corrected chi connectivity index (χ2v) is 6.27. The van der Waals surface area contributed by atoms with E-state index in [1.807, 2.05) is 48.5 Å². The maximum atomic E-state index is 5.39. The van der Waals surface area contributed by atoms with Crippen molar-refractivity contribution in [3.63, 3.8) is 0 Å². The number of fused-ring (bicyclic) bond motifs is 1. The van der Waals surface area contributed by atoms with Crippen LogP contribution >= 0.6 is 34.8 Å². The van der Waals surface area contributed by atoms with Crippen molar-refractivity contribution in [3.8, 4) is 0 Å². The van der Waals surface area contributed by atoms with Gasteiger partial charge in [0, 0.05) is 20.3 Å². The lowest BCUT2D eigenvalue weighted by Gasteiger charge is -2.12. The first-order valence-electron chi connectivity index (χ1n) is 6.54. The molecule has 0 aliphatic rings. The van der Waals surface area contributed by atoms with Gasteiger partial charge >= 0.3 is 0 Å². The molecule has 3 rings (SSSR count). The highest BCUT2D eigenvalue weighted by molar-refractivity contribution is 14.1. The predicted octanol–water partition coefficient (Wildman–Crippen LogP) is 5.25. The average molecular weight is 404 g/mol. The highest BCUT2D eigenvalue weighted by atomic mass is 127. The van der Waals surface area contributed by atoms with E-state index in [1.165, 1.54) is 8.96 Å². The summed E-state index contributed by atoms with van der Waals surface area (Å²) in [4.78, 5) is 0. The van der Waals surface area contributed by atoms with Crippen LogP contribution in [0, 0.1) is 3.57 Å². The third-order valence-corrected chi connectivity index (χ3v) is 4.06. The molecule has 0 aromatic heterocycles. The van der Waals surface area contributed by atoms with Gasteiger partial charge in [-0.3, -0.25) is 0 Å². The van der Waals surface area contributed by atoms with Crippen molar-refractivity contribution in [2.75, 3.05) is 10.6 Å². The molecule has 4 heteroatoms. The number of thiocarbonyl (C=S) groups is 1. The molecular weight excluding hydrogens is 391 g/mol. The molecule has 0 unspecified atom stereocenters. The van der Waals surface area contributed by atoms with Crippen LogP contribution in [0.5, 0.6) is 0 Å². The van der Waals surface area contributed by atoms with Gasteiger partial charge in [0.2, 0.25) is 0 Å². The summed E-state index contributed by atoms with van der Waals surface area (Å²) in [6.07, 6.45) is 0. The minimum Gasteiger partial charge on any atom is -0.332 e. The summed E-state index contributed by atoms with van der Waals surface area (Å²) in [6.45, 7) is 0. The second-order valence-electron chi connectivity index (χ2n) is 4.61. The van der Waals surface area contributed by atoms with Crippen LogP contribution in [0.4, 0.5) is 11.4 Å². The van der Waals surface area contributed by atoms with Gasteiger partial charge in [-0.1, -0.05) is 36.4 Å². The van der Waals surface area contributed by atoms with Gasteiger partial charge in [0.25, 0.3) is 0 Å². The van der Waals surface area contributed by atoms with Gasteiger partial charge in [0.1, 0.15) is 0 Å². The maximum Gasteiger partial charge on any atom is 0.175 e. The number of hydrogen-bond donors (Lipinski definition) is 2. The SMILES string of the molecule is S=C(Nc1ccc(I)cc1)Nc1cccc2ccccc12. The molecule has 0 atom stereocenters. The van der Waals surface area contributed by atoms with Crippen molar-refractivity contribution in [2.24, 2.45) is 0 Å². The average Bonchev–Trinajstić information content (AvgIpc) is 2.50. The summed E-state index contributed by atoms with van der Waals surface area (Å²) in [5, 5.41) is 9.41. The van der Waals surface area contributed by atoms with E-state index < -0.39 is 0 Å². The smallest absolute Gasteiger partial charge is 0.175 e. The van der Waals surface area contributed by atoms with Crippen molar-refractivity contribution in [1.82, 2.24) is 0 Å². The summed E-state index contributed by atoms with van der Waals surface area (Å²) in [5.74, 6) is 0. The van der Waals surface area contributed by atoms with Gasteiger partial charge in [-0.2, -0.15) is 0 Å². The highest BCUT2D eigenvalue weighted by Gasteiger charge is 2.03. The van der Waals surface area contributed by atoms with Crippen molar-refractivity contribution in [1.29, 1.82) is 0 Å². The van der Waals surface area contributed by atoms with E-state index in [-0.39, 0.29) is 0 Å². The third-order valence-electron chi connectivity index (χ3n) is 3.14. The van der Waals surface area contributed by atoms with E-state index in [0.29, 0.717) is 5.11 Å². The molecule has 21 heavy (non-hydrogen) atoms. The first-order valence-corrected chi connectivity index (χ1v) is 8.02. The van der Waals surface area contributed by atoms with Crippen molar-refractivity contribution >= 4 is 62.1 Å². The molecule has 0 fully saturated rings. The molecule has 104 valence electrons. The summed E-state index contributed by atoms with van der Waals surface area (Å²) in [7, 11) is 0. The van der Waals surface area contributed by atoms with Gasteiger partial charge in [0.15, 0.2) is 5.11 Å². The highest BCUT2D eigenvalue weighted by Crippen LogP contribution is 2.23. The summed E-state index contributed by atoms with van der Waals surface area (Å²) >= 11 is 7.67. The van der Waals surface area contributed by atoms with Crippen LogP contribution in [0.15, 0.2) is 66.7 Å². The van der Waals surface area contributed by atoms with Crippen LogP contribution in [-0.4, -0.2) is 5.11 Å². The Hall–Kier alpha value is -1.66. The molecular formula is C17H13IN2S. The van der Waals surface area contributed by atoms with Crippen LogP contribution in [0.25, 0.3) is 10.8 Å². The van der Waals surface area contributed by atoms with Crippen LogP contribution in [0.3, 0.4) is 0 Å². The van der Waals surface area contributed by atoms with Crippen LogP contribution in [0.1, 0.15) is 0 Å². The fourth-order valence-corrected chi connectivity index (χ4v) is 2.74. The second kappa shape index (κ2) is 6.41. The Bertz CT molecular complexity index is 779. The summed E-state index contributed by atoms with van der Waals surface area (Å²) < 4.78 is 1.20. The Morgan fingerprint density at radius 2 is 1.52 bits per heavy atom. The molecule has 0 aliphatic heterocycles. The molecule has 0 bridgehead atoms. The molecule has 0 heterocycles. The predicted molar refractivity (Wildman–Crippen MR) is 103 cm³/mol. The van der Waals surface area contributed by atoms with Gasteiger partial charge < -0.3 is 10.6 Å². The summed E-state index contributed by atoms with van der Waals surface area (Å²) in [5.41, 5.74) is 1.99. The van der Waals surface area contributed by atoms with Crippen LogP contribution in [-0.2, 0) is 0 Å². The van der Waals surface area contributed by atoms with Crippen molar-refractivity contribution in [2.45, 2.75) is 0 Å². The fraction of sp³-hybridized carbons (Fsp3) is 0. The number of anilines is 2. The van der Waals surface area contributed by atoms with E-state index in [2.05, 4.69) is 51.4 Å². The number of halogens is 1. The van der Waals surface area contributed by atoms with Gasteiger partial charge in [0.05, 0.1) is 0 Å². The zero-order valence-corrected chi connectivity index (χ0v) is 14.1. The Labute approximate surface area is 142 Å². The first-order chi connectivity index (χ1) is 10.2. The van der Waals surface area contributed by atoms with Crippen LogP contribution < -0.4 is 10.6 Å². The van der Waals surface area contributed by atoms with Crippen LogP contribution in [0.2, 0.25) is 0 Å². The number of nitrogens with one attached hydrogen (secondary N) is 2. The maximum absolute atomic E-state index is 5.39. The zero-order chi connectivity index (χ0) is 14.7. The van der Waals surface area contributed by atoms with Gasteiger partial charge in [-0.15, -0.1) is 0 Å². The van der Waals surface area contributed by atoms with Gasteiger partial charge in [-0.25, -0.2) is 0 Å². The van der Waals surface area contributed by atoms with Gasteiger partial charge in [-0.05, 0) is 70.5 Å². The zero-order valence-electron chi connectivity index (χ0n) is 11.1. The van der Waals surface area contributed by atoms with Crippen molar-refractivity contribution in [3.05, 3.63) is 70.3 Å². The Kier molecular flexibility index (Phi) is 4.36. The normalized spacial score (nSPS) is 10.3.